The normalized spacial score (nSPS) is 12.1. The van der Waals surface area contributed by atoms with E-state index in [0.717, 1.165) is 0 Å². The fourth-order valence-corrected chi connectivity index (χ4v) is 7.06. The van der Waals surface area contributed by atoms with Gasteiger partial charge in [-0.05, 0) is 48.4 Å². The predicted molar refractivity (Wildman–Crippen MR) is 102 cm³/mol. The Morgan fingerprint density at radius 3 is 1.33 bits per heavy atom. The van der Waals surface area contributed by atoms with E-state index in [1.54, 1.807) is 6.08 Å². The minimum atomic E-state index is -1.96. The van der Waals surface area contributed by atoms with E-state index in [-0.39, 0.29) is 5.88 Å². The zero-order valence-corrected chi connectivity index (χ0v) is 14.3. The molecule has 0 saturated heterocycles. The summed E-state index contributed by atoms with van der Waals surface area (Å²) < 4.78 is 0. The molecule has 120 valence electrons. The van der Waals surface area contributed by atoms with Crippen LogP contribution in [0.25, 0.3) is 0 Å². The third-order valence-electron chi connectivity index (χ3n) is 4.16. The van der Waals surface area contributed by atoms with Crippen molar-refractivity contribution in [1.82, 2.24) is 0 Å². The van der Waals surface area contributed by atoms with Crippen molar-refractivity contribution in [3.63, 3.8) is 0 Å². The average molecular weight is 333 g/mol. The van der Waals surface area contributed by atoms with Gasteiger partial charge < -0.3 is 10.8 Å². The fraction of sp³-hybridized carbons (Fsp3) is 0.0476. The summed E-state index contributed by atoms with van der Waals surface area (Å²) in [4.78, 5) is 0. The summed E-state index contributed by atoms with van der Waals surface area (Å²) in [5.74, 6) is -0.373. The van der Waals surface area contributed by atoms with E-state index in [4.69, 9.17) is 5.73 Å². The summed E-state index contributed by atoms with van der Waals surface area (Å²) in [6, 6.07) is 31.3. The SMILES string of the molecule is N/C([O-])=C/C[P+](c1ccccc1)(c1ccccc1)c1ccccc1. The van der Waals surface area contributed by atoms with E-state index < -0.39 is 7.26 Å². The van der Waals surface area contributed by atoms with Crippen LogP contribution in [-0.2, 0) is 0 Å². The summed E-state index contributed by atoms with van der Waals surface area (Å²) >= 11 is 0. The first-order valence-electron chi connectivity index (χ1n) is 7.91. The molecule has 0 unspecified atom stereocenters. The number of rotatable bonds is 5. The van der Waals surface area contributed by atoms with Crippen molar-refractivity contribution < 1.29 is 5.11 Å². The zero-order chi connectivity index (χ0) is 16.8. The molecule has 3 aromatic carbocycles. The maximum Gasteiger partial charge on any atom is 0.116 e. The van der Waals surface area contributed by atoms with Gasteiger partial charge in [0.05, 0.1) is 6.16 Å². The first-order chi connectivity index (χ1) is 11.7. The monoisotopic (exact) mass is 333 g/mol. The van der Waals surface area contributed by atoms with Crippen LogP contribution in [0.3, 0.4) is 0 Å². The second-order valence-corrected chi connectivity index (χ2v) is 9.14. The first kappa shape index (κ1) is 16.3. The highest BCUT2D eigenvalue weighted by molar-refractivity contribution is 7.95. The fourth-order valence-electron chi connectivity index (χ4n) is 3.04. The molecule has 0 aliphatic heterocycles. The minimum Gasteiger partial charge on any atom is -0.861 e. The highest BCUT2D eigenvalue weighted by Gasteiger charge is 2.44. The van der Waals surface area contributed by atoms with Crippen LogP contribution in [0, 0.1) is 0 Å². The average Bonchev–Trinajstić information content (AvgIpc) is 2.65. The van der Waals surface area contributed by atoms with Crippen molar-refractivity contribution in [2.45, 2.75) is 0 Å². The molecular weight excluding hydrogens is 313 g/mol. The van der Waals surface area contributed by atoms with Crippen LogP contribution < -0.4 is 26.8 Å². The zero-order valence-electron chi connectivity index (χ0n) is 13.4. The molecule has 0 aliphatic carbocycles. The summed E-state index contributed by atoms with van der Waals surface area (Å²) in [5, 5.41) is 15.3. The Bertz CT molecular complexity index is 700. The number of hydrogen-bond acceptors (Lipinski definition) is 2. The maximum absolute atomic E-state index is 11.5. The Kier molecular flexibility index (Phi) is 4.98. The van der Waals surface area contributed by atoms with E-state index in [1.165, 1.54) is 15.9 Å². The Balaban J connectivity index is 2.30. The van der Waals surface area contributed by atoms with Gasteiger partial charge in [0.15, 0.2) is 0 Å². The second kappa shape index (κ2) is 7.33. The van der Waals surface area contributed by atoms with E-state index in [1.807, 2.05) is 18.2 Å². The van der Waals surface area contributed by atoms with Crippen LogP contribution in [0.4, 0.5) is 0 Å². The van der Waals surface area contributed by atoms with Crippen LogP contribution in [0.2, 0.25) is 0 Å². The van der Waals surface area contributed by atoms with Gasteiger partial charge >= 0.3 is 0 Å². The van der Waals surface area contributed by atoms with E-state index in [9.17, 15) is 5.11 Å². The Morgan fingerprint density at radius 1 is 0.708 bits per heavy atom. The molecule has 0 saturated carbocycles. The molecule has 2 N–H and O–H groups in total. The molecule has 0 amide bonds. The van der Waals surface area contributed by atoms with Gasteiger partial charge in [-0.1, -0.05) is 54.6 Å². The molecule has 2 nitrogen and oxygen atoms in total. The van der Waals surface area contributed by atoms with Gasteiger partial charge in [-0.2, -0.15) is 0 Å². The smallest absolute Gasteiger partial charge is 0.116 e. The lowest BCUT2D eigenvalue weighted by atomic mass is 10.4. The van der Waals surface area contributed by atoms with Crippen molar-refractivity contribution >= 4 is 23.2 Å². The molecular formula is C21H20NOP. The molecule has 0 atom stereocenters. The van der Waals surface area contributed by atoms with Crippen LogP contribution in [0.15, 0.2) is 103 Å². The predicted octanol–water partition coefficient (Wildman–Crippen LogP) is 2.14. The summed E-state index contributed by atoms with van der Waals surface area (Å²) in [6.07, 6.45) is 2.25. The lowest BCUT2D eigenvalue weighted by molar-refractivity contribution is -0.304. The molecule has 0 bridgehead atoms. The highest BCUT2D eigenvalue weighted by atomic mass is 31.2. The van der Waals surface area contributed by atoms with Gasteiger partial charge in [-0.15, -0.1) is 0 Å². The van der Waals surface area contributed by atoms with Crippen molar-refractivity contribution in [2.24, 2.45) is 5.73 Å². The van der Waals surface area contributed by atoms with Gasteiger partial charge in [0.1, 0.15) is 23.2 Å². The van der Waals surface area contributed by atoms with Gasteiger partial charge in [-0.25, -0.2) is 0 Å². The maximum atomic E-state index is 11.5. The van der Waals surface area contributed by atoms with Crippen molar-refractivity contribution in [1.29, 1.82) is 0 Å². The Morgan fingerprint density at radius 2 is 1.04 bits per heavy atom. The van der Waals surface area contributed by atoms with Crippen molar-refractivity contribution in [2.75, 3.05) is 6.16 Å². The van der Waals surface area contributed by atoms with Gasteiger partial charge in [-0.3, -0.25) is 0 Å². The first-order valence-corrected chi connectivity index (χ1v) is 9.88. The third kappa shape index (κ3) is 3.20. The molecule has 3 heteroatoms. The molecule has 0 radical (unpaired) electrons. The quantitative estimate of drug-likeness (QED) is 0.574. The van der Waals surface area contributed by atoms with E-state index >= 15 is 0 Å². The van der Waals surface area contributed by atoms with Crippen molar-refractivity contribution in [3.8, 4) is 0 Å². The lowest BCUT2D eigenvalue weighted by Gasteiger charge is -2.27. The van der Waals surface area contributed by atoms with Crippen LogP contribution in [0.1, 0.15) is 0 Å². The number of allylic oxidation sites excluding steroid dienone is 1. The number of benzene rings is 3. The minimum absolute atomic E-state index is 0.373. The third-order valence-corrected chi connectivity index (χ3v) is 8.43. The lowest BCUT2D eigenvalue weighted by Crippen LogP contribution is -2.33. The summed E-state index contributed by atoms with van der Waals surface area (Å²) in [7, 11) is -1.96. The molecule has 0 spiro atoms. The Labute approximate surface area is 143 Å². The standard InChI is InChI=1S/C21H20NOP/c22-21(23)16-17-24(18-10-4-1-5-11-18,19-12-6-2-7-13-19)20-14-8-3-9-15-20/h1-16H,17,22H2/b21-16-. The molecule has 0 aliphatic rings. The van der Waals surface area contributed by atoms with Crippen LogP contribution in [-0.4, -0.2) is 6.16 Å². The number of nitrogens with two attached hydrogens (primary N) is 1. The molecule has 0 aromatic heterocycles. The van der Waals surface area contributed by atoms with Crippen LogP contribution in [0.5, 0.6) is 0 Å². The molecule has 3 aromatic rings. The van der Waals surface area contributed by atoms with Gasteiger partial charge in [0, 0.05) is 0 Å². The van der Waals surface area contributed by atoms with Crippen LogP contribution >= 0.6 is 7.26 Å². The highest BCUT2D eigenvalue weighted by Crippen LogP contribution is 2.55. The number of hydrogen-bond donors (Lipinski definition) is 1. The van der Waals surface area contributed by atoms with E-state index in [0.29, 0.717) is 6.16 Å². The topological polar surface area (TPSA) is 49.1 Å². The van der Waals surface area contributed by atoms with E-state index in [2.05, 4.69) is 72.8 Å². The largest absolute Gasteiger partial charge is 0.861 e. The molecule has 0 heterocycles. The van der Waals surface area contributed by atoms with Crippen molar-refractivity contribution in [3.05, 3.63) is 103 Å². The summed E-state index contributed by atoms with van der Waals surface area (Å²) in [6.45, 7) is 0. The molecule has 0 fully saturated rings. The van der Waals surface area contributed by atoms with Gasteiger partial charge in [0.25, 0.3) is 0 Å². The second-order valence-electron chi connectivity index (χ2n) is 5.61. The molecule has 3 rings (SSSR count). The molecule has 24 heavy (non-hydrogen) atoms. The summed E-state index contributed by atoms with van der Waals surface area (Å²) in [5.41, 5.74) is 5.46. The Hall–Kier alpha value is -2.57. The van der Waals surface area contributed by atoms with Gasteiger partial charge in [0.2, 0.25) is 0 Å².